The fourth-order valence-corrected chi connectivity index (χ4v) is 1.40. The van der Waals surface area contributed by atoms with E-state index in [1.807, 2.05) is 11.8 Å². The number of hydrogen-bond acceptors (Lipinski definition) is 3. The number of ether oxygens (including phenoxy) is 1. The van der Waals surface area contributed by atoms with E-state index < -0.39 is 0 Å². The van der Waals surface area contributed by atoms with Gasteiger partial charge in [0.15, 0.2) is 0 Å². The van der Waals surface area contributed by atoms with Crippen LogP contribution in [0.1, 0.15) is 26.2 Å². The molecule has 0 rings (SSSR count). The molecule has 1 unspecified atom stereocenters. The first-order valence-corrected chi connectivity index (χ1v) is 6.32. The largest absolute Gasteiger partial charge is 0.385 e. The number of thioether (sulfide) groups is 1. The van der Waals surface area contributed by atoms with Crippen LogP contribution in [0, 0.1) is 0 Å². The second-order valence-corrected chi connectivity index (χ2v) is 4.56. The normalized spacial score (nSPS) is 13.2. The van der Waals surface area contributed by atoms with E-state index >= 15 is 0 Å². The molecule has 2 nitrogen and oxygen atoms in total. The van der Waals surface area contributed by atoms with Crippen LogP contribution < -0.4 is 5.32 Å². The summed E-state index contributed by atoms with van der Waals surface area (Å²) in [4.78, 5) is 0. The SMILES string of the molecule is COCCCCNCCC(C)SC. The van der Waals surface area contributed by atoms with Gasteiger partial charge in [0.05, 0.1) is 0 Å². The highest BCUT2D eigenvalue weighted by atomic mass is 32.2. The molecule has 0 spiro atoms. The summed E-state index contributed by atoms with van der Waals surface area (Å²) in [6, 6.07) is 0. The minimum atomic E-state index is 0.784. The molecule has 0 bridgehead atoms. The predicted molar refractivity (Wildman–Crippen MR) is 61.6 cm³/mol. The van der Waals surface area contributed by atoms with Crippen LogP contribution in [-0.4, -0.2) is 38.3 Å². The Morgan fingerprint density at radius 2 is 2.08 bits per heavy atom. The number of rotatable bonds is 9. The fraction of sp³-hybridized carbons (Fsp3) is 1.00. The van der Waals surface area contributed by atoms with Gasteiger partial charge >= 0.3 is 0 Å². The summed E-state index contributed by atoms with van der Waals surface area (Å²) >= 11 is 1.94. The van der Waals surface area contributed by atoms with Crippen molar-refractivity contribution in [2.24, 2.45) is 0 Å². The molecule has 0 saturated heterocycles. The average Bonchev–Trinajstić information content (AvgIpc) is 2.16. The maximum Gasteiger partial charge on any atom is 0.0462 e. The van der Waals surface area contributed by atoms with E-state index in [0.29, 0.717) is 0 Å². The molecule has 1 N–H and O–H groups in total. The van der Waals surface area contributed by atoms with Crippen LogP contribution in [0.3, 0.4) is 0 Å². The molecule has 0 saturated carbocycles. The first kappa shape index (κ1) is 13.3. The average molecular weight is 205 g/mol. The Morgan fingerprint density at radius 1 is 1.31 bits per heavy atom. The van der Waals surface area contributed by atoms with Crippen molar-refractivity contribution >= 4 is 11.8 Å². The second-order valence-electron chi connectivity index (χ2n) is 3.28. The third kappa shape index (κ3) is 10.2. The van der Waals surface area contributed by atoms with Gasteiger partial charge < -0.3 is 10.1 Å². The Hall–Kier alpha value is 0.270. The van der Waals surface area contributed by atoms with Crippen LogP contribution >= 0.6 is 11.8 Å². The van der Waals surface area contributed by atoms with Crippen LogP contribution in [0.2, 0.25) is 0 Å². The fourth-order valence-electron chi connectivity index (χ4n) is 1.04. The molecule has 0 aliphatic heterocycles. The summed E-state index contributed by atoms with van der Waals surface area (Å²) in [7, 11) is 1.76. The lowest BCUT2D eigenvalue weighted by atomic mass is 10.3. The molecule has 0 amide bonds. The number of hydrogen-bond donors (Lipinski definition) is 1. The maximum atomic E-state index is 4.97. The highest BCUT2D eigenvalue weighted by molar-refractivity contribution is 7.99. The van der Waals surface area contributed by atoms with Crippen molar-refractivity contribution in [2.75, 3.05) is 33.1 Å². The Kier molecular flexibility index (Phi) is 10.6. The standard InChI is InChI=1S/C10H23NOS/c1-10(13-3)6-8-11-7-4-5-9-12-2/h10-11H,4-9H2,1-3H3. The summed E-state index contributed by atoms with van der Waals surface area (Å²) in [5, 5.41) is 4.22. The van der Waals surface area contributed by atoms with Crippen LogP contribution in [0.25, 0.3) is 0 Å². The molecular weight excluding hydrogens is 182 g/mol. The predicted octanol–water partition coefficient (Wildman–Crippen LogP) is 2.14. The van der Waals surface area contributed by atoms with Crippen molar-refractivity contribution in [1.29, 1.82) is 0 Å². The van der Waals surface area contributed by atoms with Gasteiger partial charge in [-0.2, -0.15) is 11.8 Å². The van der Waals surface area contributed by atoms with Crippen LogP contribution in [0.5, 0.6) is 0 Å². The van der Waals surface area contributed by atoms with Crippen molar-refractivity contribution in [3.8, 4) is 0 Å². The molecule has 0 fully saturated rings. The van der Waals surface area contributed by atoms with Crippen molar-refractivity contribution < 1.29 is 4.74 Å². The topological polar surface area (TPSA) is 21.3 Å². The minimum Gasteiger partial charge on any atom is -0.385 e. The van der Waals surface area contributed by atoms with E-state index in [1.54, 1.807) is 7.11 Å². The molecule has 0 aliphatic rings. The van der Waals surface area contributed by atoms with Crippen LogP contribution in [0.4, 0.5) is 0 Å². The molecule has 13 heavy (non-hydrogen) atoms. The van der Waals surface area contributed by atoms with Gasteiger partial charge in [0.25, 0.3) is 0 Å². The van der Waals surface area contributed by atoms with Gasteiger partial charge in [-0.05, 0) is 38.6 Å². The lowest BCUT2D eigenvalue weighted by molar-refractivity contribution is 0.192. The lowest BCUT2D eigenvalue weighted by Crippen LogP contribution is -2.19. The molecule has 3 heteroatoms. The lowest BCUT2D eigenvalue weighted by Gasteiger charge is -2.08. The zero-order chi connectivity index (χ0) is 9.94. The zero-order valence-electron chi connectivity index (χ0n) is 9.14. The highest BCUT2D eigenvalue weighted by Gasteiger charge is 1.97. The molecule has 1 atom stereocenters. The van der Waals surface area contributed by atoms with Gasteiger partial charge in [0, 0.05) is 19.0 Å². The third-order valence-corrected chi connectivity index (χ3v) is 3.12. The molecule has 80 valence electrons. The van der Waals surface area contributed by atoms with E-state index in [9.17, 15) is 0 Å². The van der Waals surface area contributed by atoms with Crippen LogP contribution in [0.15, 0.2) is 0 Å². The van der Waals surface area contributed by atoms with Crippen molar-refractivity contribution in [2.45, 2.75) is 31.4 Å². The monoisotopic (exact) mass is 205 g/mol. The molecule has 0 heterocycles. The second kappa shape index (κ2) is 10.4. The highest BCUT2D eigenvalue weighted by Crippen LogP contribution is 2.07. The third-order valence-electron chi connectivity index (χ3n) is 2.08. The number of unbranched alkanes of at least 4 members (excludes halogenated alkanes) is 1. The Labute approximate surface area is 86.8 Å². The van der Waals surface area contributed by atoms with Gasteiger partial charge in [-0.1, -0.05) is 6.92 Å². The maximum absolute atomic E-state index is 4.97. The van der Waals surface area contributed by atoms with Crippen molar-refractivity contribution in [3.63, 3.8) is 0 Å². The van der Waals surface area contributed by atoms with E-state index in [1.165, 1.54) is 19.3 Å². The van der Waals surface area contributed by atoms with E-state index in [-0.39, 0.29) is 0 Å². The first-order chi connectivity index (χ1) is 6.31. The van der Waals surface area contributed by atoms with Gasteiger partial charge in [-0.3, -0.25) is 0 Å². The molecule has 0 aromatic rings. The molecular formula is C10H23NOS. The minimum absolute atomic E-state index is 0.784. The van der Waals surface area contributed by atoms with Gasteiger partial charge in [0.1, 0.15) is 0 Å². The van der Waals surface area contributed by atoms with E-state index in [0.717, 1.165) is 24.9 Å². The number of nitrogens with one attached hydrogen (secondary N) is 1. The van der Waals surface area contributed by atoms with Crippen molar-refractivity contribution in [1.82, 2.24) is 5.32 Å². The van der Waals surface area contributed by atoms with Crippen molar-refractivity contribution in [3.05, 3.63) is 0 Å². The van der Waals surface area contributed by atoms with Gasteiger partial charge in [0.2, 0.25) is 0 Å². The number of methoxy groups -OCH3 is 1. The Morgan fingerprint density at radius 3 is 2.69 bits per heavy atom. The van der Waals surface area contributed by atoms with E-state index in [2.05, 4.69) is 18.5 Å². The quantitative estimate of drug-likeness (QED) is 0.583. The molecule has 0 aromatic carbocycles. The summed E-state index contributed by atoms with van der Waals surface area (Å²) in [6.07, 6.45) is 5.83. The molecule has 0 aromatic heterocycles. The summed E-state index contributed by atoms with van der Waals surface area (Å²) < 4.78 is 4.97. The molecule has 0 radical (unpaired) electrons. The van der Waals surface area contributed by atoms with Gasteiger partial charge in [-0.15, -0.1) is 0 Å². The smallest absolute Gasteiger partial charge is 0.0462 e. The first-order valence-electron chi connectivity index (χ1n) is 5.03. The zero-order valence-corrected chi connectivity index (χ0v) is 9.95. The van der Waals surface area contributed by atoms with Crippen LogP contribution in [-0.2, 0) is 4.74 Å². The summed E-state index contributed by atoms with van der Waals surface area (Å²) in [6.45, 7) is 5.44. The molecule has 0 aliphatic carbocycles. The Bertz CT molecular complexity index is 101. The summed E-state index contributed by atoms with van der Waals surface area (Å²) in [5.74, 6) is 0. The summed E-state index contributed by atoms with van der Waals surface area (Å²) in [5.41, 5.74) is 0. The van der Waals surface area contributed by atoms with E-state index in [4.69, 9.17) is 4.74 Å². The van der Waals surface area contributed by atoms with Gasteiger partial charge in [-0.25, -0.2) is 0 Å². The Balaban J connectivity index is 2.91.